The highest BCUT2D eigenvalue weighted by atomic mass is 16.5. The van der Waals surface area contributed by atoms with Crippen molar-refractivity contribution in [1.82, 2.24) is 15.1 Å². The molecule has 0 bridgehead atoms. The van der Waals surface area contributed by atoms with Crippen molar-refractivity contribution in [3.63, 3.8) is 0 Å². The van der Waals surface area contributed by atoms with E-state index in [1.165, 1.54) is 20.2 Å². The smallest absolute Gasteiger partial charge is 0.356 e. The average Bonchev–Trinajstić information content (AvgIpc) is 3.00. The summed E-state index contributed by atoms with van der Waals surface area (Å²) in [5, 5.41) is 6.81. The molecule has 1 N–H and O–H groups in total. The molecule has 22 heavy (non-hydrogen) atoms. The molecule has 1 aromatic carbocycles. The van der Waals surface area contributed by atoms with Gasteiger partial charge in [-0.3, -0.25) is 4.79 Å². The quantitative estimate of drug-likeness (QED) is 0.858. The molecule has 6 nitrogen and oxygen atoms in total. The second kappa shape index (κ2) is 6.89. The lowest BCUT2D eigenvalue weighted by Gasteiger charge is -2.18. The maximum atomic E-state index is 12.0. The van der Waals surface area contributed by atoms with Crippen LogP contribution in [0.3, 0.4) is 0 Å². The fourth-order valence-electron chi connectivity index (χ4n) is 2.35. The van der Waals surface area contributed by atoms with E-state index in [9.17, 15) is 9.59 Å². The molecular weight excluding hydrogens is 282 g/mol. The van der Waals surface area contributed by atoms with Gasteiger partial charge in [-0.1, -0.05) is 37.3 Å². The molecule has 0 spiro atoms. The van der Waals surface area contributed by atoms with Crippen molar-refractivity contribution in [1.29, 1.82) is 0 Å². The zero-order valence-electron chi connectivity index (χ0n) is 12.9. The zero-order valence-corrected chi connectivity index (χ0v) is 12.9. The summed E-state index contributed by atoms with van der Waals surface area (Å²) in [5.41, 5.74) is 1.47. The highest BCUT2D eigenvalue weighted by Crippen LogP contribution is 2.24. The summed E-state index contributed by atoms with van der Waals surface area (Å²) in [5.74, 6) is -0.858. The van der Waals surface area contributed by atoms with Gasteiger partial charge in [0.2, 0.25) is 0 Å². The number of amides is 1. The molecule has 0 saturated heterocycles. The topological polar surface area (TPSA) is 73.2 Å². The third-order valence-corrected chi connectivity index (χ3v) is 3.46. The van der Waals surface area contributed by atoms with Crippen LogP contribution in [0, 0.1) is 0 Å². The minimum Gasteiger partial charge on any atom is -0.464 e. The molecule has 0 aliphatic rings. The lowest BCUT2D eigenvalue weighted by molar-refractivity contribution is 0.0584. The maximum Gasteiger partial charge on any atom is 0.356 e. The van der Waals surface area contributed by atoms with E-state index in [1.807, 2.05) is 37.3 Å². The van der Waals surface area contributed by atoms with Gasteiger partial charge in [-0.25, -0.2) is 9.48 Å². The molecule has 1 aromatic heterocycles. The first kappa shape index (κ1) is 15.8. The van der Waals surface area contributed by atoms with Crippen molar-refractivity contribution < 1.29 is 14.3 Å². The first-order chi connectivity index (χ1) is 10.6. The molecule has 0 aliphatic heterocycles. The largest absolute Gasteiger partial charge is 0.464 e. The van der Waals surface area contributed by atoms with Crippen molar-refractivity contribution in [2.24, 2.45) is 0 Å². The summed E-state index contributed by atoms with van der Waals surface area (Å²) in [6.45, 7) is 2.00. The number of carbonyl (C=O) groups is 2. The van der Waals surface area contributed by atoms with Gasteiger partial charge in [-0.05, 0) is 12.0 Å². The van der Waals surface area contributed by atoms with Gasteiger partial charge in [0.1, 0.15) is 5.69 Å². The van der Waals surface area contributed by atoms with Gasteiger partial charge < -0.3 is 10.1 Å². The molecule has 2 aromatic rings. The van der Waals surface area contributed by atoms with Crippen LogP contribution in [0.4, 0.5) is 0 Å². The summed E-state index contributed by atoms with van der Waals surface area (Å²) in [6, 6.07) is 11.0. The minimum atomic E-state index is -0.517. The Labute approximate surface area is 129 Å². The number of hydrogen-bond acceptors (Lipinski definition) is 4. The van der Waals surface area contributed by atoms with Crippen LogP contribution in [0.1, 0.15) is 45.9 Å². The molecule has 0 aliphatic carbocycles. The molecule has 1 atom stereocenters. The van der Waals surface area contributed by atoms with Crippen LogP contribution in [0.25, 0.3) is 0 Å². The van der Waals surface area contributed by atoms with Crippen LogP contribution in [0.2, 0.25) is 0 Å². The van der Waals surface area contributed by atoms with Crippen LogP contribution in [0.5, 0.6) is 0 Å². The third kappa shape index (κ3) is 3.00. The number of esters is 1. The number of methoxy groups -OCH3 is 1. The predicted octanol–water partition coefficient (Wildman–Crippen LogP) is 2.03. The molecule has 6 heteroatoms. The number of nitrogens with zero attached hydrogens (tertiary/aromatic N) is 2. The van der Waals surface area contributed by atoms with Crippen LogP contribution in [-0.4, -0.2) is 35.8 Å². The number of carbonyl (C=O) groups excluding carboxylic acids is 2. The number of nitrogens with one attached hydrogen (secondary N) is 1. The van der Waals surface area contributed by atoms with Crippen molar-refractivity contribution in [3.05, 3.63) is 53.3 Å². The fraction of sp³-hybridized carbons (Fsp3) is 0.312. The van der Waals surface area contributed by atoms with E-state index in [4.69, 9.17) is 4.74 Å². The van der Waals surface area contributed by atoms with Gasteiger partial charge >= 0.3 is 5.97 Å². The second-order valence-electron chi connectivity index (χ2n) is 4.76. The Morgan fingerprint density at radius 1 is 1.32 bits per heavy atom. The Balaban J connectivity index is 2.53. The second-order valence-corrected chi connectivity index (χ2v) is 4.76. The summed E-state index contributed by atoms with van der Waals surface area (Å²) in [7, 11) is 2.83. The summed E-state index contributed by atoms with van der Waals surface area (Å²) in [4.78, 5) is 23.8. The van der Waals surface area contributed by atoms with Gasteiger partial charge in [-0.2, -0.15) is 5.10 Å². The van der Waals surface area contributed by atoms with E-state index < -0.39 is 5.97 Å². The lowest BCUT2D eigenvalue weighted by atomic mass is 10.0. The highest BCUT2D eigenvalue weighted by molar-refractivity contribution is 5.95. The van der Waals surface area contributed by atoms with E-state index in [1.54, 1.807) is 4.68 Å². The Kier molecular flexibility index (Phi) is 4.93. The lowest BCUT2D eigenvalue weighted by Crippen LogP contribution is -2.20. The molecule has 0 saturated carbocycles. The monoisotopic (exact) mass is 301 g/mol. The van der Waals surface area contributed by atoms with Crippen LogP contribution in [-0.2, 0) is 4.74 Å². The summed E-state index contributed by atoms with van der Waals surface area (Å²) in [6.07, 6.45) is 0.725. The van der Waals surface area contributed by atoms with Gasteiger partial charge in [0, 0.05) is 13.1 Å². The Hall–Kier alpha value is -2.63. The maximum absolute atomic E-state index is 12.0. The molecule has 2 rings (SSSR count). The average molecular weight is 301 g/mol. The van der Waals surface area contributed by atoms with E-state index in [0.29, 0.717) is 0 Å². The minimum absolute atomic E-state index is 0.145. The van der Waals surface area contributed by atoms with E-state index >= 15 is 0 Å². The number of aromatic nitrogens is 2. The number of hydrogen-bond donors (Lipinski definition) is 1. The summed E-state index contributed by atoms with van der Waals surface area (Å²) < 4.78 is 6.36. The first-order valence-corrected chi connectivity index (χ1v) is 7.07. The molecular formula is C16H19N3O3. The predicted molar refractivity (Wildman–Crippen MR) is 81.8 cm³/mol. The first-order valence-electron chi connectivity index (χ1n) is 7.07. The Morgan fingerprint density at radius 2 is 2.00 bits per heavy atom. The molecule has 1 amide bonds. The molecule has 1 heterocycles. The fourth-order valence-corrected chi connectivity index (χ4v) is 2.35. The van der Waals surface area contributed by atoms with Crippen LogP contribution < -0.4 is 5.32 Å². The van der Waals surface area contributed by atoms with Gasteiger partial charge in [0.15, 0.2) is 5.69 Å². The standard InChI is InChI=1S/C16H19N3O3/c1-4-13(11-8-6-5-7-9-11)19-14(16(21)22-3)10-12(18-19)15(20)17-2/h5-10,13H,4H2,1-3H3,(H,17,20)/t13-/m0/s1. The van der Waals surface area contributed by atoms with Gasteiger partial charge in [0.05, 0.1) is 13.2 Å². The Morgan fingerprint density at radius 3 is 2.55 bits per heavy atom. The third-order valence-electron chi connectivity index (χ3n) is 3.46. The van der Waals surface area contributed by atoms with Gasteiger partial charge in [0.25, 0.3) is 5.91 Å². The zero-order chi connectivity index (χ0) is 16.1. The van der Waals surface area contributed by atoms with Crippen molar-refractivity contribution in [2.75, 3.05) is 14.2 Å². The van der Waals surface area contributed by atoms with E-state index in [-0.39, 0.29) is 23.3 Å². The van der Waals surface area contributed by atoms with E-state index in [0.717, 1.165) is 12.0 Å². The molecule has 0 radical (unpaired) electrons. The van der Waals surface area contributed by atoms with Crippen LogP contribution >= 0.6 is 0 Å². The van der Waals surface area contributed by atoms with Gasteiger partial charge in [-0.15, -0.1) is 0 Å². The summed E-state index contributed by atoms with van der Waals surface area (Å²) >= 11 is 0. The molecule has 116 valence electrons. The normalized spacial score (nSPS) is 11.8. The van der Waals surface area contributed by atoms with Crippen molar-refractivity contribution >= 4 is 11.9 Å². The van der Waals surface area contributed by atoms with Crippen molar-refractivity contribution in [3.8, 4) is 0 Å². The highest BCUT2D eigenvalue weighted by Gasteiger charge is 2.24. The van der Waals surface area contributed by atoms with E-state index in [2.05, 4.69) is 10.4 Å². The number of rotatable bonds is 5. The number of benzene rings is 1. The van der Waals surface area contributed by atoms with Crippen molar-refractivity contribution in [2.45, 2.75) is 19.4 Å². The van der Waals surface area contributed by atoms with Crippen LogP contribution in [0.15, 0.2) is 36.4 Å². The molecule has 0 fully saturated rings. The molecule has 0 unspecified atom stereocenters. The Bertz CT molecular complexity index is 665. The SMILES string of the molecule is CC[C@@H](c1ccccc1)n1nc(C(=O)NC)cc1C(=O)OC. The number of ether oxygens (including phenoxy) is 1.